The number of amides is 3. The zero-order chi connectivity index (χ0) is 24.2. The lowest BCUT2D eigenvalue weighted by atomic mass is 10.0. The van der Waals surface area contributed by atoms with Crippen molar-refractivity contribution in [3.05, 3.63) is 71.5 Å². The standard InChI is InChI=1S/C24H27FN4O4/c1-16(30)28-22(13-17-7-9-19(25)10-8-17)24(33)29-21(12-11-20(31)14-26)23(32)27-15-18-5-3-2-4-6-18/h2-10,14,21-22,26H,11-13,15H2,1H3,(H,27,32)(H,28,30)(H,29,33)/t21-,22-/m0/s1. The van der Waals surface area contributed by atoms with E-state index < -0.39 is 41.4 Å². The molecular formula is C24H27FN4O4. The average molecular weight is 455 g/mol. The van der Waals surface area contributed by atoms with Crippen LogP contribution < -0.4 is 16.0 Å². The lowest BCUT2D eigenvalue weighted by Crippen LogP contribution is -2.54. The number of Topliss-reactive ketones (excluding diaryl/α,β-unsaturated/α-hetero) is 1. The van der Waals surface area contributed by atoms with Crippen LogP contribution in [-0.2, 0) is 32.1 Å². The molecule has 0 aromatic heterocycles. The van der Waals surface area contributed by atoms with Gasteiger partial charge in [-0.25, -0.2) is 4.39 Å². The molecule has 0 saturated heterocycles. The second-order valence-corrected chi connectivity index (χ2v) is 7.50. The summed E-state index contributed by atoms with van der Waals surface area (Å²) in [5, 5.41) is 14.9. The Morgan fingerprint density at radius 2 is 1.58 bits per heavy atom. The Morgan fingerprint density at radius 1 is 0.909 bits per heavy atom. The fourth-order valence-corrected chi connectivity index (χ4v) is 3.12. The maximum absolute atomic E-state index is 13.2. The van der Waals surface area contributed by atoms with Gasteiger partial charge >= 0.3 is 0 Å². The van der Waals surface area contributed by atoms with Crippen LogP contribution in [0.5, 0.6) is 0 Å². The van der Waals surface area contributed by atoms with Crippen LogP contribution in [-0.4, -0.2) is 41.8 Å². The Hall–Kier alpha value is -3.88. The minimum atomic E-state index is -1.05. The Labute approximate surface area is 191 Å². The molecule has 2 atom stereocenters. The SMILES string of the molecule is CC(=O)N[C@@H](Cc1ccc(F)cc1)C(=O)N[C@@H](CCC(=O)C=N)C(=O)NCc1ccccc1. The summed E-state index contributed by atoms with van der Waals surface area (Å²) < 4.78 is 13.2. The fraction of sp³-hybridized carbons (Fsp3) is 0.292. The molecule has 3 amide bonds. The van der Waals surface area contributed by atoms with Crippen molar-refractivity contribution in [2.24, 2.45) is 0 Å². The smallest absolute Gasteiger partial charge is 0.243 e. The highest BCUT2D eigenvalue weighted by Crippen LogP contribution is 2.08. The van der Waals surface area contributed by atoms with Crippen molar-refractivity contribution in [1.82, 2.24) is 16.0 Å². The first-order valence-electron chi connectivity index (χ1n) is 10.5. The summed E-state index contributed by atoms with van der Waals surface area (Å²) in [6.45, 7) is 1.49. The first-order valence-corrected chi connectivity index (χ1v) is 10.5. The lowest BCUT2D eigenvalue weighted by molar-refractivity contribution is -0.132. The second-order valence-electron chi connectivity index (χ2n) is 7.50. The van der Waals surface area contributed by atoms with Crippen LogP contribution in [0, 0.1) is 11.2 Å². The summed E-state index contributed by atoms with van der Waals surface area (Å²) in [7, 11) is 0. The number of carbonyl (C=O) groups excluding carboxylic acids is 4. The van der Waals surface area contributed by atoms with Gasteiger partial charge in [-0.3, -0.25) is 19.2 Å². The summed E-state index contributed by atoms with van der Waals surface area (Å²) in [6, 6.07) is 12.6. The van der Waals surface area contributed by atoms with E-state index in [2.05, 4.69) is 16.0 Å². The van der Waals surface area contributed by atoms with Gasteiger partial charge in [0, 0.05) is 26.3 Å². The summed E-state index contributed by atoms with van der Waals surface area (Å²) in [5.41, 5.74) is 1.48. The topological polar surface area (TPSA) is 128 Å². The molecule has 0 fully saturated rings. The Bertz CT molecular complexity index is 980. The predicted molar refractivity (Wildman–Crippen MR) is 121 cm³/mol. The lowest BCUT2D eigenvalue weighted by Gasteiger charge is -2.23. The zero-order valence-electron chi connectivity index (χ0n) is 18.3. The average Bonchev–Trinajstić information content (AvgIpc) is 2.81. The first kappa shape index (κ1) is 25.4. The van der Waals surface area contributed by atoms with Crippen molar-refractivity contribution in [2.75, 3.05) is 0 Å². The van der Waals surface area contributed by atoms with Gasteiger partial charge in [-0.1, -0.05) is 42.5 Å². The number of rotatable bonds is 12. The van der Waals surface area contributed by atoms with E-state index >= 15 is 0 Å². The third-order valence-corrected chi connectivity index (χ3v) is 4.83. The van der Waals surface area contributed by atoms with Crippen molar-refractivity contribution < 1.29 is 23.6 Å². The molecule has 0 aliphatic rings. The van der Waals surface area contributed by atoms with E-state index in [-0.39, 0.29) is 25.8 Å². The quantitative estimate of drug-likeness (QED) is 0.364. The van der Waals surface area contributed by atoms with Crippen LogP contribution in [0.2, 0.25) is 0 Å². The molecule has 0 aliphatic heterocycles. The van der Waals surface area contributed by atoms with Gasteiger partial charge in [0.05, 0.1) is 6.21 Å². The first-order chi connectivity index (χ1) is 15.8. The van der Waals surface area contributed by atoms with Gasteiger partial charge < -0.3 is 21.4 Å². The Balaban J connectivity index is 2.11. The molecule has 0 bridgehead atoms. The minimum Gasteiger partial charge on any atom is -0.350 e. The molecule has 9 heteroatoms. The summed E-state index contributed by atoms with van der Waals surface area (Å²) in [4.78, 5) is 48.9. The number of nitrogens with one attached hydrogen (secondary N) is 4. The van der Waals surface area contributed by atoms with Gasteiger partial charge in [-0.05, 0) is 29.7 Å². The van der Waals surface area contributed by atoms with Crippen molar-refractivity contribution in [2.45, 2.75) is 44.8 Å². The Morgan fingerprint density at radius 3 is 2.18 bits per heavy atom. The fourth-order valence-electron chi connectivity index (χ4n) is 3.12. The predicted octanol–water partition coefficient (Wildman–Crippen LogP) is 1.67. The van der Waals surface area contributed by atoms with Crippen LogP contribution in [0.25, 0.3) is 0 Å². The second kappa shape index (κ2) is 12.8. The van der Waals surface area contributed by atoms with Crippen LogP contribution in [0.15, 0.2) is 54.6 Å². The van der Waals surface area contributed by atoms with Gasteiger partial charge in [0.2, 0.25) is 17.7 Å². The Kier molecular flexibility index (Phi) is 9.88. The number of hydrogen-bond donors (Lipinski definition) is 4. The molecule has 2 aromatic rings. The highest BCUT2D eigenvalue weighted by atomic mass is 19.1. The molecule has 174 valence electrons. The highest BCUT2D eigenvalue weighted by molar-refractivity contribution is 6.26. The van der Waals surface area contributed by atoms with Gasteiger partial charge in [-0.15, -0.1) is 0 Å². The van der Waals surface area contributed by atoms with Crippen LogP contribution >= 0.6 is 0 Å². The van der Waals surface area contributed by atoms with Gasteiger partial charge in [0.15, 0.2) is 5.78 Å². The molecule has 0 spiro atoms. The number of halogens is 1. The molecule has 0 aliphatic carbocycles. The highest BCUT2D eigenvalue weighted by Gasteiger charge is 2.26. The third-order valence-electron chi connectivity index (χ3n) is 4.83. The van der Waals surface area contributed by atoms with Crippen LogP contribution in [0.1, 0.15) is 30.9 Å². The molecule has 0 heterocycles. The third kappa shape index (κ3) is 9.02. The van der Waals surface area contributed by atoms with Crippen LogP contribution in [0.4, 0.5) is 4.39 Å². The normalized spacial score (nSPS) is 12.2. The van der Waals surface area contributed by atoms with Gasteiger partial charge in [0.1, 0.15) is 17.9 Å². The van der Waals surface area contributed by atoms with E-state index in [4.69, 9.17) is 5.41 Å². The maximum atomic E-state index is 13.2. The number of hydrogen-bond acceptors (Lipinski definition) is 5. The van der Waals surface area contributed by atoms with E-state index in [1.54, 1.807) is 0 Å². The maximum Gasteiger partial charge on any atom is 0.243 e. The molecule has 0 saturated carbocycles. The molecule has 33 heavy (non-hydrogen) atoms. The van der Waals surface area contributed by atoms with Crippen molar-refractivity contribution in [1.29, 1.82) is 5.41 Å². The summed E-state index contributed by atoms with van der Waals surface area (Å²) in [6.07, 6.45) is 0.638. The van der Waals surface area contributed by atoms with E-state index in [0.717, 1.165) is 5.56 Å². The van der Waals surface area contributed by atoms with Gasteiger partial charge in [0.25, 0.3) is 0 Å². The van der Waals surface area contributed by atoms with Crippen LogP contribution in [0.3, 0.4) is 0 Å². The summed E-state index contributed by atoms with van der Waals surface area (Å²) in [5.74, 6) is -2.45. The molecule has 2 rings (SSSR count). The van der Waals surface area contributed by atoms with E-state index in [0.29, 0.717) is 11.8 Å². The van der Waals surface area contributed by atoms with E-state index in [1.165, 1.54) is 31.2 Å². The molecule has 0 unspecified atom stereocenters. The number of benzene rings is 2. The molecular weight excluding hydrogens is 427 g/mol. The summed E-state index contributed by atoms with van der Waals surface area (Å²) >= 11 is 0. The van der Waals surface area contributed by atoms with E-state index in [9.17, 15) is 23.6 Å². The van der Waals surface area contributed by atoms with Crippen molar-refractivity contribution in [3.63, 3.8) is 0 Å². The molecule has 8 nitrogen and oxygen atoms in total. The van der Waals surface area contributed by atoms with Gasteiger partial charge in [-0.2, -0.15) is 0 Å². The molecule has 0 radical (unpaired) electrons. The van der Waals surface area contributed by atoms with Crippen molar-refractivity contribution >= 4 is 29.7 Å². The van der Waals surface area contributed by atoms with Crippen molar-refractivity contribution in [3.8, 4) is 0 Å². The zero-order valence-corrected chi connectivity index (χ0v) is 18.3. The number of carbonyl (C=O) groups is 4. The minimum absolute atomic E-state index is 0.0100. The molecule has 4 N–H and O–H groups in total. The monoisotopic (exact) mass is 454 g/mol. The number of ketones is 1. The van der Waals surface area contributed by atoms with E-state index in [1.807, 2.05) is 30.3 Å². The molecule has 2 aromatic carbocycles. The largest absolute Gasteiger partial charge is 0.350 e.